The number of nitrogens with one attached hydrogen (secondary N) is 1. The highest BCUT2D eigenvalue weighted by Gasteiger charge is 2.32. The molecule has 21 heavy (non-hydrogen) atoms. The van der Waals surface area contributed by atoms with Gasteiger partial charge >= 0.3 is 5.97 Å². The van der Waals surface area contributed by atoms with Crippen molar-refractivity contribution in [3.05, 3.63) is 0 Å². The van der Waals surface area contributed by atoms with E-state index in [-0.39, 0.29) is 17.6 Å². The maximum atomic E-state index is 13.5. The van der Waals surface area contributed by atoms with Crippen LogP contribution >= 0.6 is 0 Å². The Kier molecular flexibility index (Phi) is 10.7. The van der Waals surface area contributed by atoms with Crippen molar-refractivity contribution in [2.24, 2.45) is 17.8 Å². The molecule has 0 rings (SSSR count). The van der Waals surface area contributed by atoms with Crippen LogP contribution in [0.1, 0.15) is 48.5 Å². The van der Waals surface area contributed by atoms with Gasteiger partial charge < -0.3 is 10.4 Å². The van der Waals surface area contributed by atoms with Crippen molar-refractivity contribution in [1.29, 1.82) is 0 Å². The standard InChI is InChI=1S/C10H18FNO3.C5H10O/c1-5(2)7(11)8(10(14)15)12-9(13)6(3)4;1-4(2)5(3)6/h5-8H,1-4H3,(H,12,13)(H,14,15);4H,1-3H3. The van der Waals surface area contributed by atoms with E-state index in [4.69, 9.17) is 5.11 Å². The van der Waals surface area contributed by atoms with E-state index in [0.29, 0.717) is 0 Å². The van der Waals surface area contributed by atoms with Crippen molar-refractivity contribution in [1.82, 2.24) is 5.32 Å². The van der Waals surface area contributed by atoms with Gasteiger partial charge in [-0.3, -0.25) is 9.59 Å². The number of hydrogen-bond acceptors (Lipinski definition) is 3. The summed E-state index contributed by atoms with van der Waals surface area (Å²) in [5, 5.41) is 11.0. The Labute approximate surface area is 126 Å². The van der Waals surface area contributed by atoms with Crippen molar-refractivity contribution in [3.63, 3.8) is 0 Å². The lowest BCUT2D eigenvalue weighted by Crippen LogP contribution is -2.50. The third kappa shape index (κ3) is 9.98. The Balaban J connectivity index is 0. The summed E-state index contributed by atoms with van der Waals surface area (Å²) in [6.07, 6.45) is -1.58. The van der Waals surface area contributed by atoms with E-state index in [9.17, 15) is 18.8 Å². The van der Waals surface area contributed by atoms with Gasteiger partial charge in [0.2, 0.25) is 5.91 Å². The lowest BCUT2D eigenvalue weighted by molar-refractivity contribution is -0.144. The summed E-state index contributed by atoms with van der Waals surface area (Å²) in [6.45, 7) is 11.8. The molecule has 0 aliphatic heterocycles. The highest BCUT2D eigenvalue weighted by Crippen LogP contribution is 2.12. The lowest BCUT2D eigenvalue weighted by atomic mass is 10.0. The van der Waals surface area contributed by atoms with E-state index in [1.807, 2.05) is 13.8 Å². The zero-order valence-electron chi connectivity index (χ0n) is 13.9. The highest BCUT2D eigenvalue weighted by molar-refractivity contribution is 5.85. The molecule has 124 valence electrons. The molecular weight excluding hydrogens is 277 g/mol. The summed E-state index contributed by atoms with van der Waals surface area (Å²) in [7, 11) is 0. The van der Waals surface area contributed by atoms with Crippen LogP contribution in [0, 0.1) is 17.8 Å². The first-order chi connectivity index (χ1) is 9.41. The number of rotatable bonds is 6. The fraction of sp³-hybridized carbons (Fsp3) is 0.800. The maximum Gasteiger partial charge on any atom is 0.329 e. The summed E-state index contributed by atoms with van der Waals surface area (Å²) in [6, 6.07) is -1.46. The molecule has 0 saturated heterocycles. The molecule has 0 aliphatic rings. The summed E-state index contributed by atoms with van der Waals surface area (Å²) in [4.78, 5) is 32.1. The Hall–Kier alpha value is -1.46. The van der Waals surface area contributed by atoms with Gasteiger partial charge in [0.05, 0.1) is 0 Å². The number of carboxylic acid groups (broad SMARTS) is 1. The van der Waals surface area contributed by atoms with Crippen molar-refractivity contribution >= 4 is 17.7 Å². The van der Waals surface area contributed by atoms with Crippen molar-refractivity contribution in [2.45, 2.75) is 60.7 Å². The van der Waals surface area contributed by atoms with Gasteiger partial charge in [-0.2, -0.15) is 0 Å². The molecule has 6 heteroatoms. The quantitative estimate of drug-likeness (QED) is 0.789. The SMILES string of the molecule is CC(=O)C(C)C.CC(C)C(=O)NC(C(=O)O)C(F)C(C)C. The monoisotopic (exact) mass is 305 g/mol. The Bertz CT molecular complexity index is 354. The molecular formula is C15H28FNO4. The summed E-state index contributed by atoms with van der Waals surface area (Å²) >= 11 is 0. The van der Waals surface area contributed by atoms with Crippen LogP contribution in [0.25, 0.3) is 0 Å². The number of alkyl halides is 1. The minimum absolute atomic E-state index is 0.213. The van der Waals surface area contributed by atoms with Gasteiger partial charge in [0.25, 0.3) is 0 Å². The van der Waals surface area contributed by atoms with Gasteiger partial charge in [0.15, 0.2) is 6.04 Å². The molecule has 2 unspecified atom stereocenters. The first kappa shape index (κ1) is 21.8. The maximum absolute atomic E-state index is 13.5. The number of Topliss-reactive ketones (excluding diaryl/α,β-unsaturated/α-hetero) is 1. The molecule has 0 saturated carbocycles. The van der Waals surface area contributed by atoms with Crippen molar-refractivity contribution in [3.8, 4) is 0 Å². The van der Waals surface area contributed by atoms with Crippen LogP contribution in [-0.4, -0.2) is 35.0 Å². The molecule has 2 atom stereocenters. The van der Waals surface area contributed by atoms with Crippen molar-refractivity contribution < 1.29 is 23.9 Å². The minimum Gasteiger partial charge on any atom is -0.480 e. The van der Waals surface area contributed by atoms with Gasteiger partial charge in [-0.05, 0) is 12.8 Å². The molecule has 0 aromatic heterocycles. The highest BCUT2D eigenvalue weighted by atomic mass is 19.1. The van der Waals surface area contributed by atoms with E-state index < -0.39 is 30.0 Å². The number of carboxylic acids is 1. The average molecular weight is 305 g/mol. The molecule has 5 nitrogen and oxygen atoms in total. The Morgan fingerprint density at radius 3 is 1.52 bits per heavy atom. The normalized spacial score (nSPS) is 13.5. The van der Waals surface area contributed by atoms with Crippen LogP contribution in [0.4, 0.5) is 4.39 Å². The molecule has 0 radical (unpaired) electrons. The second-order valence-electron chi connectivity index (χ2n) is 5.93. The van der Waals surface area contributed by atoms with E-state index in [2.05, 4.69) is 5.32 Å². The molecule has 0 fully saturated rings. The van der Waals surface area contributed by atoms with E-state index in [1.165, 1.54) is 0 Å². The zero-order chi connectivity index (χ0) is 17.3. The third-order valence-corrected chi connectivity index (χ3v) is 2.86. The van der Waals surface area contributed by atoms with Gasteiger partial charge in [-0.1, -0.05) is 41.5 Å². The van der Waals surface area contributed by atoms with Gasteiger partial charge in [-0.25, -0.2) is 9.18 Å². The van der Waals surface area contributed by atoms with E-state index in [0.717, 1.165) is 0 Å². The summed E-state index contributed by atoms with van der Waals surface area (Å²) in [5.74, 6) is -2.12. The number of amides is 1. The fourth-order valence-corrected chi connectivity index (χ4v) is 0.982. The Morgan fingerprint density at radius 2 is 1.33 bits per heavy atom. The zero-order valence-corrected chi connectivity index (χ0v) is 13.9. The van der Waals surface area contributed by atoms with Crippen molar-refractivity contribution in [2.75, 3.05) is 0 Å². The molecule has 0 aliphatic carbocycles. The van der Waals surface area contributed by atoms with Crippen LogP contribution in [-0.2, 0) is 14.4 Å². The molecule has 1 amide bonds. The number of ketones is 1. The molecule has 0 heterocycles. The predicted molar refractivity (Wildman–Crippen MR) is 79.7 cm³/mol. The number of carbonyl (C=O) groups is 3. The lowest BCUT2D eigenvalue weighted by Gasteiger charge is -2.22. The second kappa shape index (κ2) is 10.3. The van der Waals surface area contributed by atoms with Crippen LogP contribution < -0.4 is 5.32 Å². The number of halogens is 1. The summed E-state index contributed by atoms with van der Waals surface area (Å²) in [5.41, 5.74) is 0. The topological polar surface area (TPSA) is 83.5 Å². The van der Waals surface area contributed by atoms with Gasteiger partial charge in [0.1, 0.15) is 12.0 Å². The van der Waals surface area contributed by atoms with E-state index >= 15 is 0 Å². The van der Waals surface area contributed by atoms with E-state index in [1.54, 1.807) is 34.6 Å². The summed E-state index contributed by atoms with van der Waals surface area (Å²) < 4.78 is 13.5. The molecule has 0 bridgehead atoms. The molecule has 0 aromatic rings. The van der Waals surface area contributed by atoms with Crippen LogP contribution in [0.3, 0.4) is 0 Å². The predicted octanol–water partition coefficient (Wildman–Crippen LogP) is 2.44. The van der Waals surface area contributed by atoms with Gasteiger partial charge in [-0.15, -0.1) is 0 Å². The number of carbonyl (C=O) groups excluding carboxylic acids is 2. The first-order valence-corrected chi connectivity index (χ1v) is 7.09. The van der Waals surface area contributed by atoms with Crippen LogP contribution in [0.15, 0.2) is 0 Å². The smallest absolute Gasteiger partial charge is 0.329 e. The third-order valence-electron chi connectivity index (χ3n) is 2.86. The number of aliphatic carboxylic acids is 1. The molecule has 0 aromatic carbocycles. The fourth-order valence-electron chi connectivity index (χ4n) is 0.982. The van der Waals surface area contributed by atoms with Crippen LogP contribution in [0.2, 0.25) is 0 Å². The average Bonchev–Trinajstić information content (AvgIpc) is 2.34. The van der Waals surface area contributed by atoms with Gasteiger partial charge in [0, 0.05) is 11.8 Å². The largest absolute Gasteiger partial charge is 0.480 e. The number of hydrogen-bond donors (Lipinski definition) is 2. The second-order valence-corrected chi connectivity index (χ2v) is 5.93. The minimum atomic E-state index is -1.58. The molecule has 2 N–H and O–H groups in total. The Morgan fingerprint density at radius 1 is 0.952 bits per heavy atom. The first-order valence-electron chi connectivity index (χ1n) is 7.09. The molecule has 0 spiro atoms. The van der Waals surface area contributed by atoms with Crippen LogP contribution in [0.5, 0.6) is 0 Å².